The van der Waals surface area contributed by atoms with Gasteiger partial charge >= 0.3 is 0 Å². The molecule has 2 amide bonds. The third-order valence-corrected chi connectivity index (χ3v) is 3.76. The van der Waals surface area contributed by atoms with Gasteiger partial charge in [-0.15, -0.1) is 0 Å². The zero-order chi connectivity index (χ0) is 19.1. The number of hydrogen-bond acceptors (Lipinski definition) is 6. The molecule has 8 nitrogen and oxygen atoms in total. The van der Waals surface area contributed by atoms with Gasteiger partial charge in [0.25, 0.3) is 11.8 Å². The number of carbonyl (C=O) groups excluding carboxylic acids is 2. The lowest BCUT2D eigenvalue weighted by Gasteiger charge is -2.22. The van der Waals surface area contributed by atoms with Crippen LogP contribution in [0, 0.1) is 12.8 Å². The van der Waals surface area contributed by atoms with Crippen molar-refractivity contribution in [2.24, 2.45) is 5.92 Å². The van der Waals surface area contributed by atoms with Crippen molar-refractivity contribution in [2.45, 2.75) is 26.8 Å². The average molecular weight is 357 g/mol. The summed E-state index contributed by atoms with van der Waals surface area (Å²) in [4.78, 5) is 33.0. The van der Waals surface area contributed by atoms with E-state index in [1.807, 2.05) is 32.9 Å². The van der Waals surface area contributed by atoms with Crippen LogP contribution in [-0.4, -0.2) is 34.9 Å². The molecule has 1 atom stereocenters. The fourth-order valence-corrected chi connectivity index (χ4v) is 2.29. The Labute approximate surface area is 152 Å². The van der Waals surface area contributed by atoms with Gasteiger partial charge in [-0.3, -0.25) is 20.4 Å². The number of anilines is 1. The van der Waals surface area contributed by atoms with Crippen molar-refractivity contribution in [1.82, 2.24) is 20.7 Å². The Morgan fingerprint density at radius 3 is 2.54 bits per heavy atom. The number of nitrogens with one attached hydrogen (secondary N) is 3. The first-order valence-electron chi connectivity index (χ1n) is 8.21. The lowest BCUT2D eigenvalue weighted by Crippen LogP contribution is -2.51. The first-order valence-corrected chi connectivity index (χ1v) is 8.21. The summed E-state index contributed by atoms with van der Waals surface area (Å²) < 4.78 is 5.00. The maximum atomic E-state index is 12.5. The van der Waals surface area contributed by atoms with Crippen LogP contribution in [0.1, 0.15) is 29.8 Å². The summed E-state index contributed by atoms with van der Waals surface area (Å²) >= 11 is 0. The Balaban J connectivity index is 2.03. The topological polar surface area (TPSA) is 105 Å². The molecule has 0 radical (unpaired) electrons. The summed E-state index contributed by atoms with van der Waals surface area (Å²) in [5.41, 5.74) is 6.53. The second kappa shape index (κ2) is 8.80. The Hall–Kier alpha value is -3.16. The van der Waals surface area contributed by atoms with Crippen LogP contribution in [-0.2, 0) is 4.79 Å². The molecule has 1 aromatic heterocycles. The van der Waals surface area contributed by atoms with Crippen molar-refractivity contribution < 1.29 is 14.3 Å². The summed E-state index contributed by atoms with van der Waals surface area (Å²) in [5, 5.41) is 2.78. The van der Waals surface area contributed by atoms with Gasteiger partial charge in [-0.25, -0.2) is 4.98 Å². The quantitative estimate of drug-likeness (QED) is 0.651. The summed E-state index contributed by atoms with van der Waals surface area (Å²) in [6.07, 6.45) is 1.50. The predicted molar refractivity (Wildman–Crippen MR) is 97.6 cm³/mol. The number of hydrogen-bond donors (Lipinski definition) is 3. The largest absolute Gasteiger partial charge is 0.481 e. The van der Waals surface area contributed by atoms with Crippen molar-refractivity contribution in [3.05, 3.63) is 47.7 Å². The third kappa shape index (κ3) is 4.92. The van der Waals surface area contributed by atoms with Crippen LogP contribution in [0.15, 0.2) is 36.5 Å². The number of amides is 2. The minimum atomic E-state index is -0.722. The van der Waals surface area contributed by atoms with Crippen molar-refractivity contribution in [3.63, 3.8) is 0 Å². The number of aromatic nitrogens is 2. The van der Waals surface area contributed by atoms with Gasteiger partial charge in [0, 0.05) is 17.8 Å². The van der Waals surface area contributed by atoms with E-state index >= 15 is 0 Å². The minimum absolute atomic E-state index is 0.115. The second-order valence-corrected chi connectivity index (χ2v) is 6.05. The molecule has 2 aromatic rings. The number of methoxy groups -OCH3 is 1. The summed E-state index contributed by atoms with van der Waals surface area (Å²) in [6, 6.07) is 8.08. The molecule has 0 fully saturated rings. The molecule has 0 aliphatic rings. The number of hydrazine groups is 1. The van der Waals surface area contributed by atoms with Crippen LogP contribution in [0.2, 0.25) is 0 Å². The Kier molecular flexibility index (Phi) is 6.48. The molecule has 0 spiro atoms. The summed E-state index contributed by atoms with van der Waals surface area (Å²) in [5.74, 6) is -0.255. The minimum Gasteiger partial charge on any atom is -0.481 e. The average Bonchev–Trinajstić information content (AvgIpc) is 2.64. The lowest BCUT2D eigenvalue weighted by atomic mass is 10.0. The van der Waals surface area contributed by atoms with Crippen LogP contribution < -0.4 is 20.9 Å². The van der Waals surface area contributed by atoms with Crippen molar-refractivity contribution in [1.29, 1.82) is 0 Å². The normalized spacial score (nSPS) is 11.6. The van der Waals surface area contributed by atoms with E-state index in [4.69, 9.17) is 4.74 Å². The number of carbonyl (C=O) groups is 2. The highest BCUT2D eigenvalue weighted by Gasteiger charge is 2.25. The van der Waals surface area contributed by atoms with E-state index in [0.717, 1.165) is 5.56 Å². The van der Waals surface area contributed by atoms with Gasteiger partial charge in [0.2, 0.25) is 11.8 Å². The molecule has 26 heavy (non-hydrogen) atoms. The molecule has 8 heteroatoms. The molecule has 0 saturated heterocycles. The highest BCUT2D eigenvalue weighted by molar-refractivity contribution is 5.98. The first-order chi connectivity index (χ1) is 12.4. The fraction of sp³-hybridized carbons (Fsp3) is 0.333. The lowest BCUT2D eigenvalue weighted by molar-refractivity contribution is -0.123. The van der Waals surface area contributed by atoms with E-state index < -0.39 is 11.9 Å². The number of ether oxygens (including phenoxy) is 1. The van der Waals surface area contributed by atoms with Gasteiger partial charge in [-0.2, -0.15) is 4.98 Å². The van der Waals surface area contributed by atoms with Crippen LogP contribution in [0.3, 0.4) is 0 Å². The van der Waals surface area contributed by atoms with E-state index in [9.17, 15) is 9.59 Å². The zero-order valence-corrected chi connectivity index (χ0v) is 15.2. The first kappa shape index (κ1) is 19.2. The van der Waals surface area contributed by atoms with Gasteiger partial charge in [0.15, 0.2) is 0 Å². The maximum absolute atomic E-state index is 12.5. The third-order valence-electron chi connectivity index (χ3n) is 3.76. The number of nitrogens with zero attached hydrogens (tertiary/aromatic N) is 2. The summed E-state index contributed by atoms with van der Waals surface area (Å²) in [6.45, 7) is 5.55. The van der Waals surface area contributed by atoms with Crippen molar-refractivity contribution in [2.75, 3.05) is 12.5 Å². The molecule has 1 heterocycles. The van der Waals surface area contributed by atoms with Crippen molar-refractivity contribution in [3.8, 4) is 5.88 Å². The standard InChI is InChI=1S/C18H23N5O3/c1-11(2)15(21-16(24)13-8-6-5-7-12(13)3)17(25)22-23-18-19-10-9-14(20-18)26-4/h5-11,15H,1-4H3,(H,21,24)(H,22,25)(H,19,20,23). The highest BCUT2D eigenvalue weighted by atomic mass is 16.5. The van der Waals surface area contributed by atoms with Crippen LogP contribution >= 0.6 is 0 Å². The molecule has 0 aliphatic heterocycles. The number of rotatable bonds is 7. The van der Waals surface area contributed by atoms with E-state index in [0.29, 0.717) is 11.4 Å². The smallest absolute Gasteiger partial charge is 0.261 e. The molecule has 1 unspecified atom stereocenters. The van der Waals surface area contributed by atoms with E-state index in [2.05, 4.69) is 26.1 Å². The van der Waals surface area contributed by atoms with Gasteiger partial charge < -0.3 is 10.1 Å². The Morgan fingerprint density at radius 1 is 1.15 bits per heavy atom. The van der Waals surface area contributed by atoms with E-state index in [-0.39, 0.29) is 17.8 Å². The maximum Gasteiger partial charge on any atom is 0.261 e. The van der Waals surface area contributed by atoms with Crippen LogP contribution in [0.5, 0.6) is 5.88 Å². The molecule has 3 N–H and O–H groups in total. The molecule has 0 saturated carbocycles. The zero-order valence-electron chi connectivity index (χ0n) is 15.2. The molecular formula is C18H23N5O3. The monoisotopic (exact) mass is 357 g/mol. The summed E-state index contributed by atoms with van der Waals surface area (Å²) in [7, 11) is 1.49. The number of aryl methyl sites for hydroxylation is 1. The second-order valence-electron chi connectivity index (χ2n) is 6.05. The molecule has 1 aromatic carbocycles. The van der Waals surface area contributed by atoms with Gasteiger partial charge in [-0.1, -0.05) is 32.0 Å². The van der Waals surface area contributed by atoms with Gasteiger partial charge in [0.1, 0.15) is 6.04 Å². The molecule has 0 aliphatic carbocycles. The van der Waals surface area contributed by atoms with Crippen LogP contribution in [0.4, 0.5) is 5.95 Å². The SMILES string of the molecule is COc1ccnc(NNC(=O)C(NC(=O)c2ccccc2C)C(C)C)n1. The number of benzene rings is 1. The molecule has 2 rings (SSSR count). The molecular weight excluding hydrogens is 334 g/mol. The van der Waals surface area contributed by atoms with Crippen LogP contribution in [0.25, 0.3) is 0 Å². The van der Waals surface area contributed by atoms with Crippen molar-refractivity contribution >= 4 is 17.8 Å². The Morgan fingerprint density at radius 2 is 1.88 bits per heavy atom. The fourth-order valence-electron chi connectivity index (χ4n) is 2.29. The predicted octanol–water partition coefficient (Wildman–Crippen LogP) is 1.69. The molecule has 0 bridgehead atoms. The molecule has 138 valence electrons. The van der Waals surface area contributed by atoms with E-state index in [1.165, 1.54) is 13.3 Å². The van der Waals surface area contributed by atoms with Gasteiger partial charge in [0.05, 0.1) is 7.11 Å². The van der Waals surface area contributed by atoms with Gasteiger partial charge in [-0.05, 0) is 24.5 Å². The van der Waals surface area contributed by atoms with E-state index in [1.54, 1.807) is 18.2 Å². The Bertz CT molecular complexity index is 779. The highest BCUT2D eigenvalue weighted by Crippen LogP contribution is 2.10.